The molecule has 0 aromatic heterocycles. The van der Waals surface area contributed by atoms with Gasteiger partial charge in [-0.25, -0.2) is 4.79 Å². The molecule has 0 bridgehead atoms. The highest BCUT2D eigenvalue weighted by Gasteiger charge is 2.11. The minimum atomic E-state index is -0.329. The highest BCUT2D eigenvalue weighted by atomic mass is 32.2. The molecule has 0 amide bonds. The van der Waals surface area contributed by atoms with E-state index in [2.05, 4.69) is 10.1 Å². The van der Waals surface area contributed by atoms with E-state index in [1.807, 2.05) is 12.3 Å². The molecule has 1 heterocycles. The number of hydrogen-bond acceptors (Lipinski definition) is 4. The molecule has 0 unspecified atom stereocenters. The molecule has 0 fully saturated rings. The van der Waals surface area contributed by atoms with Crippen LogP contribution in [0.3, 0.4) is 0 Å². The Morgan fingerprint density at radius 3 is 2.91 bits per heavy atom. The lowest BCUT2D eigenvalue weighted by atomic mass is 10.4. The molecule has 4 heteroatoms. The topological polar surface area (TPSA) is 38.3 Å². The molecule has 11 heavy (non-hydrogen) atoms. The molecule has 3 nitrogen and oxygen atoms in total. The third-order valence-corrected chi connectivity index (χ3v) is 2.03. The smallest absolute Gasteiger partial charge is 0.355 e. The maximum Gasteiger partial charge on any atom is 0.355 e. The van der Waals surface area contributed by atoms with E-state index in [0.717, 1.165) is 5.70 Å². The molecule has 1 N–H and O–H groups in total. The van der Waals surface area contributed by atoms with Gasteiger partial charge in [0, 0.05) is 11.1 Å². The fraction of sp³-hybridized carbons (Fsp3) is 0.286. The number of nitrogens with one attached hydrogen (secondary N) is 1. The number of esters is 1. The molecular formula is C7H9NO2S. The molecule has 60 valence electrons. The first-order valence-corrected chi connectivity index (χ1v) is 4.06. The second-order valence-corrected chi connectivity index (χ2v) is 2.83. The van der Waals surface area contributed by atoms with Crippen molar-refractivity contribution in [1.82, 2.24) is 5.32 Å². The Balaban J connectivity index is 2.62. The summed E-state index contributed by atoms with van der Waals surface area (Å²) in [5.41, 5.74) is 1.45. The van der Waals surface area contributed by atoms with Crippen LogP contribution in [0, 0.1) is 0 Å². The van der Waals surface area contributed by atoms with Crippen molar-refractivity contribution in [2.24, 2.45) is 0 Å². The summed E-state index contributed by atoms with van der Waals surface area (Å²) in [7, 11) is 1.36. The summed E-state index contributed by atoms with van der Waals surface area (Å²) in [5, 5.41) is 6.54. The average Bonchev–Trinajstić information content (AvgIpc) is 2.03. The Morgan fingerprint density at radius 2 is 2.36 bits per heavy atom. The van der Waals surface area contributed by atoms with Crippen LogP contribution in [0.15, 0.2) is 22.2 Å². The summed E-state index contributed by atoms with van der Waals surface area (Å²) in [6.07, 6.45) is 0. The Hall–Kier alpha value is -0.900. The van der Waals surface area contributed by atoms with Gasteiger partial charge in [0.15, 0.2) is 0 Å². The van der Waals surface area contributed by atoms with Gasteiger partial charge in [0.05, 0.1) is 7.11 Å². The number of ether oxygens (including phenoxy) is 1. The Kier molecular flexibility index (Phi) is 2.59. The number of allylic oxidation sites excluding steroid dienone is 1. The van der Waals surface area contributed by atoms with Crippen LogP contribution in [0.1, 0.15) is 6.92 Å². The summed E-state index contributed by atoms with van der Waals surface area (Å²) in [6.45, 7) is 1.89. The molecular weight excluding hydrogens is 162 g/mol. The molecule has 0 atom stereocenters. The van der Waals surface area contributed by atoms with Crippen LogP contribution >= 0.6 is 11.8 Å². The van der Waals surface area contributed by atoms with Crippen LogP contribution in [-0.2, 0) is 9.53 Å². The van der Waals surface area contributed by atoms with Crippen molar-refractivity contribution in [3.8, 4) is 0 Å². The number of hydrogen-bond donors (Lipinski definition) is 1. The van der Waals surface area contributed by atoms with E-state index in [9.17, 15) is 4.79 Å². The fourth-order valence-corrected chi connectivity index (χ4v) is 1.31. The lowest BCUT2D eigenvalue weighted by Crippen LogP contribution is -2.20. The van der Waals surface area contributed by atoms with Crippen LogP contribution in [0.5, 0.6) is 0 Å². The van der Waals surface area contributed by atoms with Crippen LogP contribution in [0.2, 0.25) is 0 Å². The average molecular weight is 171 g/mol. The summed E-state index contributed by atoms with van der Waals surface area (Å²) in [5.74, 6) is -0.329. The van der Waals surface area contributed by atoms with Crippen molar-refractivity contribution in [2.75, 3.05) is 7.11 Å². The zero-order chi connectivity index (χ0) is 8.27. The van der Waals surface area contributed by atoms with Crippen molar-refractivity contribution in [3.05, 3.63) is 22.2 Å². The van der Waals surface area contributed by atoms with E-state index in [1.54, 1.807) is 5.41 Å². The molecule has 1 rings (SSSR count). The number of methoxy groups -OCH3 is 1. The van der Waals surface area contributed by atoms with E-state index in [-0.39, 0.29) is 5.97 Å². The molecule has 0 spiro atoms. The maximum atomic E-state index is 10.9. The standard InChI is InChI=1S/C7H9NO2S/c1-5-3-11-4-6(8-5)7(9)10-2/h3-4,8H,1-2H3. The van der Waals surface area contributed by atoms with Crippen LogP contribution < -0.4 is 5.32 Å². The predicted octanol–water partition coefficient (Wildman–Crippen LogP) is 1.20. The highest BCUT2D eigenvalue weighted by molar-refractivity contribution is 8.05. The Bertz CT molecular complexity index is 233. The van der Waals surface area contributed by atoms with Gasteiger partial charge in [0.25, 0.3) is 0 Å². The number of carbonyl (C=O) groups is 1. The summed E-state index contributed by atoms with van der Waals surface area (Å²) in [6, 6.07) is 0. The van der Waals surface area contributed by atoms with Gasteiger partial charge in [-0.05, 0) is 12.3 Å². The summed E-state index contributed by atoms with van der Waals surface area (Å²) in [4.78, 5) is 10.9. The largest absolute Gasteiger partial charge is 0.464 e. The second-order valence-electron chi connectivity index (χ2n) is 2.09. The van der Waals surface area contributed by atoms with Crippen LogP contribution in [0.4, 0.5) is 0 Å². The SMILES string of the molecule is COC(=O)C1=CSC=C(C)N1. The molecule has 1 aliphatic heterocycles. The lowest BCUT2D eigenvalue weighted by Gasteiger charge is -2.11. The van der Waals surface area contributed by atoms with Crippen LogP contribution in [-0.4, -0.2) is 13.1 Å². The number of rotatable bonds is 1. The lowest BCUT2D eigenvalue weighted by molar-refractivity contribution is -0.136. The van der Waals surface area contributed by atoms with E-state index in [1.165, 1.54) is 18.9 Å². The van der Waals surface area contributed by atoms with Gasteiger partial charge in [-0.2, -0.15) is 0 Å². The van der Waals surface area contributed by atoms with Gasteiger partial charge >= 0.3 is 5.97 Å². The van der Waals surface area contributed by atoms with Gasteiger partial charge in [0.2, 0.25) is 0 Å². The molecule has 0 aliphatic carbocycles. The minimum Gasteiger partial charge on any atom is -0.464 e. The van der Waals surface area contributed by atoms with Crippen molar-refractivity contribution >= 4 is 17.7 Å². The van der Waals surface area contributed by atoms with E-state index >= 15 is 0 Å². The third-order valence-electron chi connectivity index (χ3n) is 1.17. The van der Waals surface area contributed by atoms with Gasteiger partial charge in [-0.3, -0.25) is 0 Å². The van der Waals surface area contributed by atoms with Gasteiger partial charge in [-0.1, -0.05) is 0 Å². The first-order valence-electron chi connectivity index (χ1n) is 3.12. The zero-order valence-electron chi connectivity index (χ0n) is 6.38. The molecule has 0 aromatic carbocycles. The van der Waals surface area contributed by atoms with E-state index < -0.39 is 0 Å². The Labute approximate surface area is 69.5 Å². The van der Waals surface area contributed by atoms with Crippen molar-refractivity contribution in [2.45, 2.75) is 6.92 Å². The maximum absolute atomic E-state index is 10.9. The normalized spacial score (nSPS) is 16.2. The monoisotopic (exact) mass is 171 g/mol. The van der Waals surface area contributed by atoms with Crippen molar-refractivity contribution in [3.63, 3.8) is 0 Å². The van der Waals surface area contributed by atoms with Gasteiger partial charge in [0.1, 0.15) is 5.70 Å². The zero-order valence-corrected chi connectivity index (χ0v) is 7.20. The first-order chi connectivity index (χ1) is 5.24. The van der Waals surface area contributed by atoms with E-state index in [0.29, 0.717) is 5.70 Å². The van der Waals surface area contributed by atoms with Crippen LogP contribution in [0.25, 0.3) is 0 Å². The second kappa shape index (κ2) is 3.48. The third kappa shape index (κ3) is 2.01. The first kappa shape index (κ1) is 8.20. The highest BCUT2D eigenvalue weighted by Crippen LogP contribution is 2.16. The molecule has 0 aromatic rings. The van der Waals surface area contributed by atoms with Gasteiger partial charge < -0.3 is 10.1 Å². The predicted molar refractivity (Wildman–Crippen MR) is 44.6 cm³/mol. The molecule has 1 aliphatic rings. The number of thioether (sulfide) groups is 1. The fourth-order valence-electron chi connectivity index (χ4n) is 0.685. The summed E-state index contributed by atoms with van der Waals surface area (Å²) >= 11 is 1.47. The molecule has 0 saturated carbocycles. The van der Waals surface area contributed by atoms with E-state index in [4.69, 9.17) is 0 Å². The molecule has 0 radical (unpaired) electrons. The van der Waals surface area contributed by atoms with Crippen molar-refractivity contribution < 1.29 is 9.53 Å². The van der Waals surface area contributed by atoms with Gasteiger partial charge in [-0.15, -0.1) is 11.8 Å². The molecule has 0 saturated heterocycles. The summed E-state index contributed by atoms with van der Waals surface area (Å²) < 4.78 is 4.53. The Morgan fingerprint density at radius 1 is 1.64 bits per heavy atom. The minimum absolute atomic E-state index is 0.329. The quantitative estimate of drug-likeness (QED) is 0.602. The number of carbonyl (C=O) groups excluding carboxylic acids is 1. The van der Waals surface area contributed by atoms with Crippen molar-refractivity contribution in [1.29, 1.82) is 0 Å².